The van der Waals surface area contributed by atoms with Crippen molar-refractivity contribution in [1.29, 1.82) is 0 Å². The van der Waals surface area contributed by atoms with Gasteiger partial charge >= 0.3 is 0 Å². The first-order chi connectivity index (χ1) is 13.0. The molecule has 0 aliphatic rings. The van der Waals surface area contributed by atoms with Crippen molar-refractivity contribution in [3.8, 4) is 11.5 Å². The number of rotatable bonds is 6. The van der Waals surface area contributed by atoms with Gasteiger partial charge in [0.2, 0.25) is 0 Å². The Morgan fingerprint density at radius 3 is 2.59 bits per heavy atom. The fraction of sp³-hybridized carbons (Fsp3) is 0.158. The molecule has 0 saturated carbocycles. The maximum atomic E-state index is 12.5. The molecule has 1 heterocycles. The Kier molecular flexibility index (Phi) is 5.88. The smallest absolute Gasteiger partial charge is 0.255 e. The van der Waals surface area contributed by atoms with Gasteiger partial charge in [-0.2, -0.15) is 5.10 Å². The van der Waals surface area contributed by atoms with E-state index >= 15 is 0 Å². The van der Waals surface area contributed by atoms with Crippen LogP contribution >= 0.6 is 23.2 Å². The van der Waals surface area contributed by atoms with E-state index in [9.17, 15) is 4.79 Å². The molecule has 2 aromatic carbocycles. The van der Waals surface area contributed by atoms with Crippen molar-refractivity contribution in [2.75, 3.05) is 19.5 Å². The summed E-state index contributed by atoms with van der Waals surface area (Å²) in [6.07, 6.45) is 3.30. The predicted octanol–water partition coefficient (Wildman–Crippen LogP) is 4.51. The van der Waals surface area contributed by atoms with E-state index in [2.05, 4.69) is 10.4 Å². The van der Waals surface area contributed by atoms with Crippen molar-refractivity contribution < 1.29 is 14.3 Å². The Labute approximate surface area is 166 Å². The number of anilines is 1. The summed E-state index contributed by atoms with van der Waals surface area (Å²) in [7, 11) is 3.06. The summed E-state index contributed by atoms with van der Waals surface area (Å²) in [6, 6.07) is 10.3. The van der Waals surface area contributed by atoms with Crippen LogP contribution < -0.4 is 14.8 Å². The van der Waals surface area contributed by atoms with Gasteiger partial charge in [0.15, 0.2) is 11.5 Å². The van der Waals surface area contributed by atoms with E-state index in [0.717, 1.165) is 5.56 Å². The zero-order valence-electron chi connectivity index (χ0n) is 14.7. The van der Waals surface area contributed by atoms with Crippen molar-refractivity contribution in [2.24, 2.45) is 0 Å². The highest BCUT2D eigenvalue weighted by molar-refractivity contribution is 6.35. The third kappa shape index (κ3) is 4.53. The molecule has 0 saturated heterocycles. The lowest BCUT2D eigenvalue weighted by Gasteiger charge is -2.09. The first-order valence-corrected chi connectivity index (χ1v) is 8.75. The Bertz CT molecular complexity index is 973. The van der Waals surface area contributed by atoms with E-state index in [4.69, 9.17) is 32.7 Å². The molecule has 6 nitrogen and oxygen atoms in total. The van der Waals surface area contributed by atoms with Crippen molar-refractivity contribution >= 4 is 34.8 Å². The van der Waals surface area contributed by atoms with E-state index in [-0.39, 0.29) is 5.91 Å². The van der Waals surface area contributed by atoms with Crippen molar-refractivity contribution in [2.45, 2.75) is 6.54 Å². The Morgan fingerprint density at radius 2 is 1.89 bits per heavy atom. The minimum absolute atomic E-state index is 0.278. The number of hydrogen-bond acceptors (Lipinski definition) is 4. The number of aromatic nitrogens is 2. The maximum Gasteiger partial charge on any atom is 0.255 e. The number of carbonyl (C=O) groups is 1. The monoisotopic (exact) mass is 405 g/mol. The molecule has 0 atom stereocenters. The predicted molar refractivity (Wildman–Crippen MR) is 105 cm³/mol. The molecular formula is C19H17Cl2N3O3. The number of nitrogens with one attached hydrogen (secondary N) is 1. The van der Waals surface area contributed by atoms with Gasteiger partial charge < -0.3 is 14.8 Å². The third-order valence-electron chi connectivity index (χ3n) is 3.88. The fourth-order valence-corrected chi connectivity index (χ4v) is 2.99. The lowest BCUT2D eigenvalue weighted by Crippen LogP contribution is -2.11. The lowest BCUT2D eigenvalue weighted by atomic mass is 10.2. The Balaban J connectivity index is 1.71. The van der Waals surface area contributed by atoms with Crippen LogP contribution in [-0.4, -0.2) is 29.9 Å². The van der Waals surface area contributed by atoms with Gasteiger partial charge in [0, 0.05) is 21.8 Å². The van der Waals surface area contributed by atoms with Crippen LogP contribution in [0.25, 0.3) is 0 Å². The van der Waals surface area contributed by atoms with E-state index < -0.39 is 0 Å². The molecule has 27 heavy (non-hydrogen) atoms. The Hall–Kier alpha value is -2.70. The van der Waals surface area contributed by atoms with Crippen LogP contribution in [0.1, 0.15) is 15.9 Å². The first kappa shape index (κ1) is 19.1. The summed E-state index contributed by atoms with van der Waals surface area (Å²) in [5.41, 5.74) is 1.89. The summed E-state index contributed by atoms with van der Waals surface area (Å²) in [5, 5.41) is 8.19. The summed E-state index contributed by atoms with van der Waals surface area (Å²) in [6.45, 7) is 0.461. The normalized spacial score (nSPS) is 10.5. The molecule has 1 N–H and O–H groups in total. The number of methoxy groups -OCH3 is 2. The summed E-state index contributed by atoms with van der Waals surface area (Å²) in [4.78, 5) is 12.5. The van der Waals surface area contributed by atoms with Crippen molar-refractivity contribution in [1.82, 2.24) is 9.78 Å². The number of benzene rings is 2. The molecule has 0 unspecified atom stereocenters. The van der Waals surface area contributed by atoms with Crippen LogP contribution in [0.5, 0.6) is 11.5 Å². The van der Waals surface area contributed by atoms with E-state index in [1.807, 2.05) is 6.07 Å². The number of hydrogen-bond donors (Lipinski definition) is 1. The van der Waals surface area contributed by atoms with Gasteiger partial charge in [-0.15, -0.1) is 0 Å². The van der Waals surface area contributed by atoms with Gasteiger partial charge in [0.05, 0.1) is 32.6 Å². The average molecular weight is 406 g/mol. The van der Waals surface area contributed by atoms with Gasteiger partial charge in [-0.05, 0) is 35.9 Å². The minimum atomic E-state index is -0.278. The molecule has 0 radical (unpaired) electrons. The van der Waals surface area contributed by atoms with Crippen molar-refractivity contribution in [3.05, 3.63) is 70.0 Å². The van der Waals surface area contributed by atoms with E-state index in [1.54, 1.807) is 54.5 Å². The molecule has 3 rings (SSSR count). The second-order valence-electron chi connectivity index (χ2n) is 5.69. The van der Waals surface area contributed by atoms with Gasteiger partial charge in [-0.25, -0.2) is 0 Å². The summed E-state index contributed by atoms with van der Waals surface area (Å²) >= 11 is 12.1. The van der Waals surface area contributed by atoms with Crippen LogP contribution in [0.15, 0.2) is 48.8 Å². The first-order valence-electron chi connectivity index (χ1n) is 8.00. The van der Waals surface area contributed by atoms with Gasteiger partial charge in [-0.3, -0.25) is 9.48 Å². The number of nitrogens with zero attached hydrogens (tertiary/aromatic N) is 2. The number of halogens is 2. The zero-order chi connectivity index (χ0) is 19.4. The van der Waals surface area contributed by atoms with Crippen LogP contribution in [-0.2, 0) is 6.54 Å². The molecular weight excluding hydrogens is 389 g/mol. The average Bonchev–Trinajstić information content (AvgIpc) is 3.10. The molecule has 140 valence electrons. The van der Waals surface area contributed by atoms with Gasteiger partial charge in [0.1, 0.15) is 0 Å². The number of ether oxygens (including phenoxy) is 2. The van der Waals surface area contributed by atoms with Crippen molar-refractivity contribution in [3.63, 3.8) is 0 Å². The minimum Gasteiger partial charge on any atom is -0.493 e. The molecule has 8 heteroatoms. The highest BCUT2D eigenvalue weighted by Gasteiger charge is 2.12. The van der Waals surface area contributed by atoms with Crippen LogP contribution in [0.4, 0.5) is 5.69 Å². The molecule has 1 amide bonds. The second kappa shape index (κ2) is 8.33. The fourth-order valence-electron chi connectivity index (χ4n) is 2.52. The molecule has 0 fully saturated rings. The molecule has 1 aromatic heterocycles. The zero-order valence-corrected chi connectivity index (χ0v) is 16.2. The topological polar surface area (TPSA) is 65.4 Å². The number of amides is 1. The summed E-state index contributed by atoms with van der Waals surface area (Å²) < 4.78 is 12.1. The Morgan fingerprint density at radius 1 is 1.11 bits per heavy atom. The quantitative estimate of drug-likeness (QED) is 0.655. The maximum absolute atomic E-state index is 12.5. The van der Waals surface area contributed by atoms with Gasteiger partial charge in [-0.1, -0.05) is 29.3 Å². The largest absolute Gasteiger partial charge is 0.493 e. The molecule has 0 aliphatic carbocycles. The highest BCUT2D eigenvalue weighted by atomic mass is 35.5. The standard InChI is InChI=1S/C19H17Cl2N3O3/c1-26-17-6-4-12(7-18(17)27-2)19(25)23-15-9-22-24(11-15)10-13-3-5-14(20)8-16(13)21/h3-9,11H,10H2,1-2H3,(H,23,25). The highest BCUT2D eigenvalue weighted by Crippen LogP contribution is 2.28. The SMILES string of the molecule is COc1ccc(C(=O)Nc2cnn(Cc3ccc(Cl)cc3Cl)c2)cc1OC. The lowest BCUT2D eigenvalue weighted by molar-refractivity contribution is 0.102. The van der Waals surface area contributed by atoms with E-state index in [0.29, 0.717) is 39.3 Å². The van der Waals surface area contributed by atoms with Gasteiger partial charge in [0.25, 0.3) is 5.91 Å². The van der Waals surface area contributed by atoms with Crippen LogP contribution in [0.2, 0.25) is 10.0 Å². The third-order valence-corrected chi connectivity index (χ3v) is 4.47. The number of carbonyl (C=O) groups excluding carboxylic acids is 1. The second-order valence-corrected chi connectivity index (χ2v) is 6.53. The molecule has 0 aliphatic heterocycles. The molecule has 0 bridgehead atoms. The molecule has 3 aromatic rings. The molecule has 0 spiro atoms. The van der Waals surface area contributed by atoms with E-state index in [1.165, 1.54) is 7.11 Å². The van der Waals surface area contributed by atoms with Crippen LogP contribution in [0, 0.1) is 0 Å². The summed E-state index contributed by atoms with van der Waals surface area (Å²) in [5.74, 6) is 0.764. The van der Waals surface area contributed by atoms with Crippen LogP contribution in [0.3, 0.4) is 0 Å².